The van der Waals surface area contributed by atoms with E-state index in [9.17, 15) is 4.79 Å². The molecule has 0 saturated heterocycles. The number of aliphatic carboxylic acids is 1. The average Bonchev–Trinajstić information content (AvgIpc) is 2.49. The van der Waals surface area contributed by atoms with Crippen LogP contribution in [-0.4, -0.2) is 17.2 Å². The lowest BCUT2D eigenvalue weighted by Gasteiger charge is -2.11. The third kappa shape index (κ3) is 5.14. The van der Waals surface area contributed by atoms with Gasteiger partial charge in [0.2, 0.25) is 0 Å². The highest BCUT2D eigenvalue weighted by molar-refractivity contribution is 6.30. The summed E-state index contributed by atoms with van der Waals surface area (Å²) in [7, 11) is 0. The highest BCUT2D eigenvalue weighted by Gasteiger charge is 2.02. The Morgan fingerprint density at radius 3 is 2.09 bits per heavy atom. The molecule has 0 heterocycles. The number of carboxylic acid groups (broad SMARTS) is 1. The summed E-state index contributed by atoms with van der Waals surface area (Å²) in [6.45, 7) is 1.76. The van der Waals surface area contributed by atoms with E-state index in [1.165, 1.54) is 6.08 Å². The number of rotatable bonds is 6. The zero-order chi connectivity index (χ0) is 15.9. The lowest BCUT2D eigenvalue weighted by molar-refractivity contribution is -0.131. The van der Waals surface area contributed by atoms with Crippen molar-refractivity contribution in [1.82, 2.24) is 0 Å². The Morgan fingerprint density at radius 2 is 1.55 bits per heavy atom. The van der Waals surface area contributed by atoms with E-state index in [4.69, 9.17) is 26.2 Å². The van der Waals surface area contributed by atoms with Crippen LogP contribution in [0.3, 0.4) is 0 Å². The lowest BCUT2D eigenvalue weighted by Crippen LogP contribution is -2.08. The third-order valence-corrected chi connectivity index (χ3v) is 2.96. The number of carbonyl (C=O) groups is 1. The highest BCUT2D eigenvalue weighted by Crippen LogP contribution is 2.25. The molecular weight excluding hydrogens is 304 g/mol. The first-order valence-corrected chi connectivity index (χ1v) is 7.02. The lowest BCUT2D eigenvalue weighted by atomic mass is 10.3. The van der Waals surface area contributed by atoms with Crippen LogP contribution < -0.4 is 9.47 Å². The molecule has 0 aliphatic rings. The molecule has 1 N–H and O–H groups in total. The first-order valence-electron chi connectivity index (χ1n) is 6.64. The summed E-state index contributed by atoms with van der Waals surface area (Å²) in [5, 5.41) is 9.21. The fraction of sp³-hybridized carbons (Fsp3) is 0.118. The summed E-state index contributed by atoms with van der Waals surface area (Å²) in [5.41, 5.74) is 0. The van der Waals surface area contributed by atoms with Crippen LogP contribution in [0.15, 0.2) is 60.7 Å². The highest BCUT2D eigenvalue weighted by atomic mass is 35.5. The summed E-state index contributed by atoms with van der Waals surface area (Å²) in [5.74, 6) is 0.993. The van der Waals surface area contributed by atoms with Gasteiger partial charge in [-0.1, -0.05) is 11.6 Å². The minimum Gasteiger partial charge on any atom is -0.487 e. The van der Waals surface area contributed by atoms with Crippen molar-refractivity contribution in [2.24, 2.45) is 0 Å². The Hall–Kier alpha value is -2.46. The van der Waals surface area contributed by atoms with Gasteiger partial charge < -0.3 is 14.6 Å². The number of carboxylic acids is 1. The normalized spacial score (nSPS) is 12.1. The van der Waals surface area contributed by atoms with Crippen LogP contribution in [0, 0.1) is 0 Å². The first kappa shape index (κ1) is 15.9. The quantitative estimate of drug-likeness (QED) is 0.794. The predicted octanol–water partition coefficient (Wildman–Crippen LogP) is 4.54. The molecule has 22 heavy (non-hydrogen) atoms. The van der Waals surface area contributed by atoms with E-state index in [-0.39, 0.29) is 6.10 Å². The Bertz CT molecular complexity index is 647. The van der Waals surface area contributed by atoms with Gasteiger partial charge in [-0.15, -0.1) is 0 Å². The third-order valence-electron chi connectivity index (χ3n) is 2.70. The second kappa shape index (κ2) is 7.52. The zero-order valence-corrected chi connectivity index (χ0v) is 12.7. The molecule has 0 spiro atoms. The van der Waals surface area contributed by atoms with Crippen LogP contribution in [-0.2, 0) is 4.79 Å². The maximum absolute atomic E-state index is 10.4. The van der Waals surface area contributed by atoms with Gasteiger partial charge in [-0.05, 0) is 61.5 Å². The van der Waals surface area contributed by atoms with Crippen molar-refractivity contribution in [1.29, 1.82) is 0 Å². The van der Waals surface area contributed by atoms with Crippen molar-refractivity contribution in [3.05, 3.63) is 65.7 Å². The van der Waals surface area contributed by atoms with Gasteiger partial charge in [-0.3, -0.25) is 0 Å². The topological polar surface area (TPSA) is 55.8 Å². The largest absolute Gasteiger partial charge is 0.487 e. The summed E-state index contributed by atoms with van der Waals surface area (Å²) < 4.78 is 11.2. The summed E-state index contributed by atoms with van der Waals surface area (Å²) in [6.07, 6.45) is 2.20. The minimum atomic E-state index is -0.998. The summed E-state index contributed by atoms with van der Waals surface area (Å²) in [6, 6.07) is 14.1. The van der Waals surface area contributed by atoms with Gasteiger partial charge in [-0.2, -0.15) is 0 Å². The molecular formula is C17H15ClO4. The maximum atomic E-state index is 10.4. The van der Waals surface area contributed by atoms with Crippen LogP contribution in [0.1, 0.15) is 6.92 Å². The fourth-order valence-corrected chi connectivity index (χ4v) is 1.82. The van der Waals surface area contributed by atoms with Gasteiger partial charge >= 0.3 is 5.97 Å². The van der Waals surface area contributed by atoms with Crippen molar-refractivity contribution in [2.45, 2.75) is 13.0 Å². The molecule has 0 fully saturated rings. The number of halogens is 1. The maximum Gasteiger partial charge on any atom is 0.328 e. The second-order valence-corrected chi connectivity index (χ2v) is 4.98. The van der Waals surface area contributed by atoms with E-state index < -0.39 is 5.97 Å². The van der Waals surface area contributed by atoms with E-state index >= 15 is 0 Å². The van der Waals surface area contributed by atoms with Crippen LogP contribution in [0.2, 0.25) is 5.02 Å². The molecule has 0 aliphatic heterocycles. The molecule has 114 valence electrons. The Labute approximate surface area is 133 Å². The van der Waals surface area contributed by atoms with Gasteiger partial charge in [0.05, 0.1) is 0 Å². The molecule has 2 aromatic rings. The second-order valence-electron chi connectivity index (χ2n) is 4.55. The Morgan fingerprint density at radius 1 is 1.05 bits per heavy atom. The summed E-state index contributed by atoms with van der Waals surface area (Å²) in [4.78, 5) is 10.4. The van der Waals surface area contributed by atoms with Crippen LogP contribution >= 0.6 is 11.6 Å². The molecule has 2 aromatic carbocycles. The van der Waals surface area contributed by atoms with Gasteiger partial charge in [0, 0.05) is 11.1 Å². The standard InChI is InChI=1S/C17H15ClO4/c1-12(2-11-17(19)20)21-14-7-9-16(10-8-14)22-15-5-3-13(18)4-6-15/h2-12H,1H3,(H,19,20)/b11-2+. The average molecular weight is 319 g/mol. The van der Waals surface area contributed by atoms with E-state index in [1.54, 1.807) is 55.5 Å². The molecule has 0 aliphatic carbocycles. The molecule has 1 atom stereocenters. The summed E-state index contributed by atoms with van der Waals surface area (Å²) >= 11 is 5.81. The van der Waals surface area contributed by atoms with Crippen molar-refractivity contribution >= 4 is 17.6 Å². The van der Waals surface area contributed by atoms with E-state index in [2.05, 4.69) is 0 Å². The monoisotopic (exact) mass is 318 g/mol. The van der Waals surface area contributed by atoms with E-state index in [0.29, 0.717) is 22.3 Å². The van der Waals surface area contributed by atoms with Gasteiger partial charge in [0.25, 0.3) is 0 Å². The van der Waals surface area contributed by atoms with Gasteiger partial charge in [0.15, 0.2) is 0 Å². The van der Waals surface area contributed by atoms with Crippen molar-refractivity contribution in [2.75, 3.05) is 0 Å². The van der Waals surface area contributed by atoms with Crippen LogP contribution in [0.5, 0.6) is 17.2 Å². The Kier molecular flexibility index (Phi) is 5.44. The number of hydrogen-bond acceptors (Lipinski definition) is 3. The molecule has 0 aromatic heterocycles. The molecule has 1 unspecified atom stereocenters. The van der Waals surface area contributed by atoms with Crippen LogP contribution in [0.25, 0.3) is 0 Å². The van der Waals surface area contributed by atoms with Crippen molar-refractivity contribution in [3.8, 4) is 17.2 Å². The molecule has 4 nitrogen and oxygen atoms in total. The van der Waals surface area contributed by atoms with Gasteiger partial charge in [0.1, 0.15) is 23.4 Å². The van der Waals surface area contributed by atoms with Crippen molar-refractivity contribution < 1.29 is 19.4 Å². The van der Waals surface area contributed by atoms with Gasteiger partial charge in [-0.25, -0.2) is 4.79 Å². The number of ether oxygens (including phenoxy) is 2. The smallest absolute Gasteiger partial charge is 0.328 e. The fourth-order valence-electron chi connectivity index (χ4n) is 1.70. The minimum absolute atomic E-state index is 0.334. The zero-order valence-electron chi connectivity index (χ0n) is 11.9. The number of hydrogen-bond donors (Lipinski definition) is 1. The molecule has 0 saturated carbocycles. The molecule has 0 amide bonds. The molecule has 0 bridgehead atoms. The molecule has 2 rings (SSSR count). The first-order chi connectivity index (χ1) is 10.5. The molecule has 5 heteroatoms. The van der Waals surface area contributed by atoms with Crippen molar-refractivity contribution in [3.63, 3.8) is 0 Å². The van der Waals surface area contributed by atoms with E-state index in [0.717, 1.165) is 6.08 Å². The van der Waals surface area contributed by atoms with Crippen LogP contribution in [0.4, 0.5) is 0 Å². The SMILES string of the molecule is CC(/C=C/C(=O)O)Oc1ccc(Oc2ccc(Cl)cc2)cc1. The van der Waals surface area contributed by atoms with E-state index in [1.807, 2.05) is 0 Å². The molecule has 0 radical (unpaired) electrons. The predicted molar refractivity (Wildman–Crippen MR) is 84.8 cm³/mol. The number of benzene rings is 2. The Balaban J connectivity index is 1.95.